The van der Waals surface area contributed by atoms with E-state index < -0.39 is 4.92 Å². The SMILES string of the molecule is Cc1c(C(=O)NCC(C)(C)N2CC(C)CC(C)C2)cccc1[N+](=O)[O-]. The van der Waals surface area contributed by atoms with E-state index in [-0.39, 0.29) is 17.1 Å². The summed E-state index contributed by atoms with van der Waals surface area (Å²) in [4.78, 5) is 25.6. The van der Waals surface area contributed by atoms with E-state index >= 15 is 0 Å². The van der Waals surface area contributed by atoms with Gasteiger partial charge in [-0.05, 0) is 45.1 Å². The zero-order valence-corrected chi connectivity index (χ0v) is 15.8. The van der Waals surface area contributed by atoms with Crippen LogP contribution in [0, 0.1) is 28.9 Å². The zero-order chi connectivity index (χ0) is 18.8. The number of hydrogen-bond donors (Lipinski definition) is 1. The predicted molar refractivity (Wildman–Crippen MR) is 98.8 cm³/mol. The fourth-order valence-corrected chi connectivity index (χ4v) is 3.73. The van der Waals surface area contributed by atoms with Crippen LogP contribution in [0.2, 0.25) is 0 Å². The summed E-state index contributed by atoms with van der Waals surface area (Å²) < 4.78 is 0. The maximum atomic E-state index is 12.5. The first-order valence-corrected chi connectivity index (χ1v) is 8.89. The van der Waals surface area contributed by atoms with E-state index in [1.165, 1.54) is 12.5 Å². The summed E-state index contributed by atoms with van der Waals surface area (Å²) in [6.07, 6.45) is 1.24. The van der Waals surface area contributed by atoms with Gasteiger partial charge in [0.05, 0.1) is 4.92 Å². The van der Waals surface area contributed by atoms with Crippen LogP contribution in [-0.2, 0) is 0 Å². The highest BCUT2D eigenvalue weighted by molar-refractivity contribution is 5.96. The minimum Gasteiger partial charge on any atom is -0.350 e. The van der Waals surface area contributed by atoms with Gasteiger partial charge < -0.3 is 5.32 Å². The summed E-state index contributed by atoms with van der Waals surface area (Å²) in [5, 5.41) is 14.0. The summed E-state index contributed by atoms with van der Waals surface area (Å²) >= 11 is 0. The molecule has 0 spiro atoms. The highest BCUT2D eigenvalue weighted by Gasteiger charge is 2.33. The monoisotopic (exact) mass is 347 g/mol. The van der Waals surface area contributed by atoms with Crippen LogP contribution >= 0.6 is 0 Å². The quantitative estimate of drug-likeness (QED) is 0.654. The first-order valence-electron chi connectivity index (χ1n) is 8.89. The Morgan fingerprint density at radius 1 is 1.32 bits per heavy atom. The van der Waals surface area contributed by atoms with Crippen LogP contribution in [-0.4, -0.2) is 40.9 Å². The highest BCUT2D eigenvalue weighted by atomic mass is 16.6. The summed E-state index contributed by atoms with van der Waals surface area (Å²) in [5.74, 6) is 1.04. The number of nitro benzene ring substituents is 1. The molecule has 1 aromatic carbocycles. The van der Waals surface area contributed by atoms with Gasteiger partial charge in [0.25, 0.3) is 11.6 Å². The van der Waals surface area contributed by atoms with Crippen LogP contribution in [0.3, 0.4) is 0 Å². The molecule has 0 bridgehead atoms. The van der Waals surface area contributed by atoms with Crippen LogP contribution in [0.25, 0.3) is 0 Å². The van der Waals surface area contributed by atoms with Gasteiger partial charge in [0, 0.05) is 42.4 Å². The molecule has 6 heteroatoms. The van der Waals surface area contributed by atoms with Crippen molar-refractivity contribution in [2.24, 2.45) is 11.8 Å². The number of nitrogens with zero attached hydrogens (tertiary/aromatic N) is 2. The Labute approximate surface area is 149 Å². The lowest BCUT2D eigenvalue weighted by atomic mass is 9.88. The number of nitro groups is 1. The average Bonchev–Trinajstić information content (AvgIpc) is 2.51. The van der Waals surface area contributed by atoms with E-state index in [1.54, 1.807) is 19.1 Å². The average molecular weight is 347 g/mol. The lowest BCUT2D eigenvalue weighted by Crippen LogP contribution is -2.56. The topological polar surface area (TPSA) is 75.5 Å². The lowest BCUT2D eigenvalue weighted by molar-refractivity contribution is -0.385. The summed E-state index contributed by atoms with van der Waals surface area (Å²) in [6, 6.07) is 4.61. The molecule has 0 aromatic heterocycles. The fraction of sp³-hybridized carbons (Fsp3) is 0.632. The molecule has 138 valence electrons. The van der Waals surface area contributed by atoms with Crippen molar-refractivity contribution in [2.45, 2.75) is 46.6 Å². The molecule has 1 aliphatic heterocycles. The Morgan fingerprint density at radius 3 is 2.48 bits per heavy atom. The Bertz CT molecular complexity index is 647. The standard InChI is InChI=1S/C19H29N3O3/c1-13-9-14(2)11-21(10-13)19(4,5)12-20-18(23)16-7-6-8-17(15(16)3)22(24)25/h6-8,13-14H,9-12H2,1-5H3,(H,20,23). The molecule has 6 nitrogen and oxygen atoms in total. The van der Waals surface area contributed by atoms with Crippen LogP contribution in [0.1, 0.15) is 50.0 Å². The van der Waals surface area contributed by atoms with Crippen molar-refractivity contribution in [3.8, 4) is 0 Å². The Balaban J connectivity index is 2.06. The second kappa shape index (κ2) is 7.52. The second-order valence-electron chi connectivity index (χ2n) is 8.05. The summed E-state index contributed by atoms with van der Waals surface area (Å²) in [6.45, 7) is 13.0. The van der Waals surface area contributed by atoms with Gasteiger partial charge in [0.2, 0.25) is 0 Å². The van der Waals surface area contributed by atoms with E-state index in [1.807, 2.05) is 0 Å². The molecule has 1 aromatic rings. The third-order valence-corrected chi connectivity index (χ3v) is 5.15. The number of amides is 1. The molecule has 0 aliphatic carbocycles. The minimum atomic E-state index is -0.452. The van der Waals surface area contributed by atoms with Crippen LogP contribution in [0.5, 0.6) is 0 Å². The smallest absolute Gasteiger partial charge is 0.273 e. The molecule has 2 rings (SSSR count). The summed E-state index contributed by atoms with van der Waals surface area (Å²) in [7, 11) is 0. The molecule has 2 unspecified atom stereocenters. The van der Waals surface area contributed by atoms with Crippen molar-refractivity contribution in [1.82, 2.24) is 10.2 Å². The number of hydrogen-bond acceptors (Lipinski definition) is 4. The maximum absolute atomic E-state index is 12.5. The highest BCUT2D eigenvalue weighted by Crippen LogP contribution is 2.27. The molecule has 1 saturated heterocycles. The van der Waals surface area contributed by atoms with Crippen LogP contribution < -0.4 is 5.32 Å². The van der Waals surface area contributed by atoms with Crippen LogP contribution in [0.15, 0.2) is 18.2 Å². The molecular weight excluding hydrogens is 318 g/mol. The molecule has 1 heterocycles. The number of carbonyl (C=O) groups excluding carboxylic acids is 1. The first kappa shape index (κ1) is 19.4. The second-order valence-corrected chi connectivity index (χ2v) is 8.05. The number of benzene rings is 1. The van der Waals surface area contributed by atoms with Gasteiger partial charge in [-0.2, -0.15) is 0 Å². The molecule has 1 fully saturated rings. The van der Waals surface area contributed by atoms with E-state index in [4.69, 9.17) is 0 Å². The summed E-state index contributed by atoms with van der Waals surface area (Å²) in [5.41, 5.74) is 0.590. The van der Waals surface area contributed by atoms with Crippen molar-refractivity contribution in [1.29, 1.82) is 0 Å². The van der Waals surface area contributed by atoms with Crippen LogP contribution in [0.4, 0.5) is 5.69 Å². The largest absolute Gasteiger partial charge is 0.350 e. The van der Waals surface area contributed by atoms with E-state index in [2.05, 4.69) is 37.9 Å². The molecule has 0 radical (unpaired) electrons. The lowest BCUT2D eigenvalue weighted by Gasteiger charge is -2.45. The molecule has 2 atom stereocenters. The molecule has 1 amide bonds. The fourth-order valence-electron chi connectivity index (χ4n) is 3.73. The number of rotatable bonds is 5. The molecule has 25 heavy (non-hydrogen) atoms. The van der Waals surface area contributed by atoms with Crippen molar-refractivity contribution < 1.29 is 9.72 Å². The normalized spacial score (nSPS) is 21.8. The number of piperidine rings is 1. The van der Waals surface area contributed by atoms with Crippen molar-refractivity contribution in [3.63, 3.8) is 0 Å². The first-order chi connectivity index (χ1) is 11.6. The Morgan fingerprint density at radius 2 is 1.92 bits per heavy atom. The van der Waals surface area contributed by atoms with E-state index in [9.17, 15) is 14.9 Å². The van der Waals surface area contributed by atoms with Crippen molar-refractivity contribution in [2.75, 3.05) is 19.6 Å². The number of carbonyl (C=O) groups is 1. The zero-order valence-electron chi connectivity index (χ0n) is 15.8. The number of likely N-dealkylation sites (tertiary alicyclic amines) is 1. The third-order valence-electron chi connectivity index (χ3n) is 5.15. The molecular formula is C19H29N3O3. The molecule has 1 N–H and O–H groups in total. The van der Waals surface area contributed by atoms with Gasteiger partial charge in [-0.25, -0.2) is 0 Å². The van der Waals surface area contributed by atoms with Crippen molar-refractivity contribution >= 4 is 11.6 Å². The van der Waals surface area contributed by atoms with Crippen molar-refractivity contribution in [3.05, 3.63) is 39.4 Å². The maximum Gasteiger partial charge on any atom is 0.273 e. The van der Waals surface area contributed by atoms with Gasteiger partial charge in [0.15, 0.2) is 0 Å². The predicted octanol–water partition coefficient (Wildman–Crippen LogP) is 3.39. The Kier molecular flexibility index (Phi) is 5.83. The Hall–Kier alpha value is -1.95. The van der Waals surface area contributed by atoms with Gasteiger partial charge in [-0.3, -0.25) is 19.8 Å². The van der Waals surface area contributed by atoms with Gasteiger partial charge in [-0.15, -0.1) is 0 Å². The van der Waals surface area contributed by atoms with Gasteiger partial charge in [-0.1, -0.05) is 19.9 Å². The molecule has 1 aliphatic rings. The molecule has 0 saturated carbocycles. The van der Waals surface area contributed by atoms with Gasteiger partial charge >= 0.3 is 0 Å². The third kappa shape index (κ3) is 4.57. The van der Waals surface area contributed by atoms with Gasteiger partial charge in [0.1, 0.15) is 0 Å². The van der Waals surface area contributed by atoms with E-state index in [0.717, 1.165) is 13.1 Å². The minimum absolute atomic E-state index is 0.0226. The van der Waals surface area contributed by atoms with E-state index in [0.29, 0.717) is 29.5 Å². The number of nitrogens with one attached hydrogen (secondary N) is 1.